The van der Waals surface area contributed by atoms with Gasteiger partial charge < -0.3 is 4.90 Å². The SMILES string of the molecule is C1=CC2SC3C(=CCCC3N(C3=CCCC4=C3CCC=C4)C3CCCCC3)C2C([C@@]2(c3ccccc3)C3=C(CCCC3)[C@@H]3CCCCC32)=C1. The van der Waals surface area contributed by atoms with E-state index in [1.165, 1.54) is 122 Å². The standard InChI is InChI=1S/C47H57NS/c1-3-18-33(19-4-1)47(39-26-11-9-23-36(39)37-24-10-12-27-40(37)47)41-28-15-31-44-45(41)38-25-14-30-43(46(38)49-44)48(34-20-5-2-6-21-34)42-29-13-17-32-16-7-8-22-35(32)42/h1,3-4,7,15-16,18-19,25,28-29,31,34,36,39,43-46H,2,5-6,8-14,17,20-24,26-27,30H2/t36-,39?,43?,44?,45?,46?,47+/m0/s1. The lowest BCUT2D eigenvalue weighted by Gasteiger charge is -2.49. The monoisotopic (exact) mass is 667 g/mol. The van der Waals surface area contributed by atoms with Crippen molar-refractivity contribution >= 4 is 11.8 Å². The summed E-state index contributed by atoms with van der Waals surface area (Å²) in [6, 6.07) is 13.4. The Balaban J connectivity index is 1.08. The summed E-state index contributed by atoms with van der Waals surface area (Å²) in [4.78, 5) is 3.11. The fraction of sp³-hybridized carbons (Fsp3) is 0.574. The Kier molecular flexibility index (Phi) is 8.27. The Morgan fingerprint density at radius 2 is 1.61 bits per heavy atom. The van der Waals surface area contributed by atoms with E-state index in [-0.39, 0.29) is 5.41 Å². The predicted octanol–water partition coefficient (Wildman–Crippen LogP) is 12.3. The molecule has 2 saturated carbocycles. The summed E-state index contributed by atoms with van der Waals surface area (Å²) in [5, 5.41) is 1.16. The normalized spacial score (nSPS) is 37.0. The highest BCUT2D eigenvalue weighted by molar-refractivity contribution is 8.01. The molecular formula is C47H57NS. The number of allylic oxidation sites excluding steroid dienone is 11. The number of thioether (sulfide) groups is 1. The van der Waals surface area contributed by atoms with Crippen molar-refractivity contribution in [2.24, 2.45) is 17.8 Å². The third-order valence-electron chi connectivity index (χ3n) is 14.8. The van der Waals surface area contributed by atoms with Crippen molar-refractivity contribution in [3.05, 3.63) is 118 Å². The minimum Gasteiger partial charge on any atom is -0.364 e. The van der Waals surface area contributed by atoms with Gasteiger partial charge in [0.25, 0.3) is 0 Å². The van der Waals surface area contributed by atoms with Crippen LogP contribution in [0.3, 0.4) is 0 Å². The highest BCUT2D eigenvalue weighted by atomic mass is 32.2. The van der Waals surface area contributed by atoms with Crippen LogP contribution in [-0.2, 0) is 5.41 Å². The second-order valence-electron chi connectivity index (χ2n) is 17.0. The van der Waals surface area contributed by atoms with Crippen LogP contribution < -0.4 is 0 Å². The van der Waals surface area contributed by atoms with E-state index < -0.39 is 0 Å². The van der Waals surface area contributed by atoms with Gasteiger partial charge in [-0.2, -0.15) is 0 Å². The van der Waals surface area contributed by atoms with Crippen LogP contribution >= 0.6 is 11.8 Å². The molecule has 256 valence electrons. The average Bonchev–Trinajstić information content (AvgIpc) is 3.71. The highest BCUT2D eigenvalue weighted by Crippen LogP contribution is 2.68. The van der Waals surface area contributed by atoms with E-state index in [0.29, 0.717) is 28.5 Å². The van der Waals surface area contributed by atoms with Crippen molar-refractivity contribution in [3.63, 3.8) is 0 Å². The van der Waals surface area contributed by atoms with Gasteiger partial charge in [-0.05, 0) is 124 Å². The topological polar surface area (TPSA) is 3.24 Å². The smallest absolute Gasteiger partial charge is 0.0473 e. The summed E-state index contributed by atoms with van der Waals surface area (Å²) >= 11 is 2.38. The van der Waals surface area contributed by atoms with Crippen LogP contribution in [0.4, 0.5) is 0 Å². The largest absolute Gasteiger partial charge is 0.364 e. The Labute approximate surface area is 300 Å². The van der Waals surface area contributed by atoms with Crippen LogP contribution in [-0.4, -0.2) is 27.5 Å². The zero-order chi connectivity index (χ0) is 32.4. The Morgan fingerprint density at radius 3 is 2.53 bits per heavy atom. The Morgan fingerprint density at radius 1 is 0.755 bits per heavy atom. The molecule has 0 radical (unpaired) electrons. The first kappa shape index (κ1) is 31.3. The van der Waals surface area contributed by atoms with E-state index in [0.717, 1.165) is 11.8 Å². The molecule has 1 saturated heterocycles. The summed E-state index contributed by atoms with van der Waals surface area (Å²) in [7, 11) is 0. The number of hydrogen-bond acceptors (Lipinski definition) is 2. The maximum Gasteiger partial charge on any atom is 0.0473 e. The van der Waals surface area contributed by atoms with Crippen molar-refractivity contribution < 1.29 is 0 Å². The highest BCUT2D eigenvalue weighted by Gasteiger charge is 2.60. The summed E-state index contributed by atoms with van der Waals surface area (Å²) in [5.74, 6) is 2.09. The molecule has 1 aromatic carbocycles. The number of nitrogens with zero attached hydrogens (tertiary/aromatic N) is 1. The number of benzene rings is 1. The first-order valence-electron chi connectivity index (χ1n) is 20.7. The zero-order valence-electron chi connectivity index (χ0n) is 29.8. The maximum absolute atomic E-state index is 3.11. The third kappa shape index (κ3) is 4.92. The minimum absolute atomic E-state index is 0.0854. The van der Waals surface area contributed by atoms with Gasteiger partial charge >= 0.3 is 0 Å². The van der Waals surface area contributed by atoms with Crippen LogP contribution in [0.2, 0.25) is 0 Å². The van der Waals surface area contributed by atoms with Gasteiger partial charge in [-0.3, -0.25) is 0 Å². The fourth-order valence-corrected chi connectivity index (χ4v) is 14.9. The van der Waals surface area contributed by atoms with E-state index in [2.05, 4.69) is 89.5 Å². The number of fused-ring (bicyclic) bond motifs is 5. The molecular weight excluding hydrogens is 611 g/mol. The lowest BCUT2D eigenvalue weighted by atomic mass is 9.55. The van der Waals surface area contributed by atoms with Gasteiger partial charge in [-0.1, -0.05) is 122 Å². The molecule has 3 fully saturated rings. The van der Waals surface area contributed by atoms with E-state index in [1.54, 1.807) is 28.0 Å². The van der Waals surface area contributed by atoms with Crippen LogP contribution in [0.25, 0.3) is 0 Å². The zero-order valence-corrected chi connectivity index (χ0v) is 30.6. The van der Waals surface area contributed by atoms with Gasteiger partial charge in [0.2, 0.25) is 0 Å². The first-order chi connectivity index (χ1) is 24.3. The van der Waals surface area contributed by atoms with E-state index in [4.69, 9.17) is 0 Å². The van der Waals surface area contributed by atoms with Crippen LogP contribution in [0.5, 0.6) is 0 Å². The van der Waals surface area contributed by atoms with Crippen molar-refractivity contribution in [1.29, 1.82) is 0 Å². The number of rotatable bonds is 5. The molecule has 0 amide bonds. The molecule has 0 spiro atoms. The molecule has 49 heavy (non-hydrogen) atoms. The molecule has 5 unspecified atom stereocenters. The van der Waals surface area contributed by atoms with Gasteiger partial charge in [0.1, 0.15) is 0 Å². The average molecular weight is 668 g/mol. The summed E-state index contributed by atoms with van der Waals surface area (Å²) < 4.78 is 0. The number of hydrogen-bond donors (Lipinski definition) is 0. The van der Waals surface area contributed by atoms with Crippen molar-refractivity contribution in [1.82, 2.24) is 4.90 Å². The van der Waals surface area contributed by atoms with Gasteiger partial charge in [-0.25, -0.2) is 0 Å². The molecule has 10 rings (SSSR count). The quantitative estimate of drug-likeness (QED) is 0.288. The van der Waals surface area contributed by atoms with Crippen LogP contribution in [0.1, 0.15) is 128 Å². The van der Waals surface area contributed by atoms with Gasteiger partial charge in [0, 0.05) is 39.6 Å². The summed E-state index contributed by atoms with van der Waals surface area (Å²) in [6.45, 7) is 0. The molecule has 1 aliphatic heterocycles. The van der Waals surface area contributed by atoms with Crippen molar-refractivity contribution in [2.75, 3.05) is 0 Å². The van der Waals surface area contributed by atoms with Crippen molar-refractivity contribution in [3.8, 4) is 0 Å². The lowest BCUT2D eigenvalue weighted by molar-refractivity contribution is 0.139. The first-order valence-corrected chi connectivity index (χ1v) is 21.7. The second-order valence-corrected chi connectivity index (χ2v) is 18.3. The second kappa shape index (κ2) is 13.0. The molecule has 1 aromatic rings. The fourth-order valence-electron chi connectivity index (χ4n) is 13.1. The maximum atomic E-state index is 3.11. The molecule has 9 aliphatic rings. The van der Waals surface area contributed by atoms with Gasteiger partial charge in [0.15, 0.2) is 0 Å². The predicted molar refractivity (Wildman–Crippen MR) is 207 cm³/mol. The minimum atomic E-state index is 0.0854. The lowest BCUT2D eigenvalue weighted by Crippen LogP contribution is -2.50. The van der Waals surface area contributed by atoms with Crippen LogP contribution in [0, 0.1) is 17.8 Å². The molecule has 1 nitrogen and oxygen atoms in total. The molecule has 7 atom stereocenters. The van der Waals surface area contributed by atoms with E-state index in [1.807, 2.05) is 16.7 Å². The summed E-state index contributed by atoms with van der Waals surface area (Å²) in [6.07, 6.45) is 43.9. The summed E-state index contributed by atoms with van der Waals surface area (Å²) in [5.41, 5.74) is 14.2. The van der Waals surface area contributed by atoms with Crippen LogP contribution in [0.15, 0.2) is 112 Å². The van der Waals surface area contributed by atoms with E-state index in [9.17, 15) is 0 Å². The molecule has 0 aromatic heterocycles. The Hall–Kier alpha value is -2.45. The molecule has 0 bridgehead atoms. The van der Waals surface area contributed by atoms with Crippen molar-refractivity contribution in [2.45, 2.75) is 150 Å². The molecule has 1 heterocycles. The van der Waals surface area contributed by atoms with Gasteiger partial charge in [0.05, 0.1) is 0 Å². The molecule has 0 N–H and O–H groups in total. The molecule has 2 heteroatoms. The van der Waals surface area contributed by atoms with E-state index >= 15 is 0 Å². The molecule has 8 aliphatic carbocycles. The third-order valence-corrected chi connectivity index (χ3v) is 16.4. The van der Waals surface area contributed by atoms with Gasteiger partial charge in [-0.15, -0.1) is 11.8 Å². The Bertz CT molecular complexity index is 1670.